The van der Waals surface area contributed by atoms with Crippen LogP contribution in [0, 0.1) is 0 Å². The van der Waals surface area contributed by atoms with E-state index in [1.54, 1.807) is 49.4 Å². The van der Waals surface area contributed by atoms with E-state index < -0.39 is 20.0 Å². The van der Waals surface area contributed by atoms with E-state index in [-0.39, 0.29) is 21.2 Å². The standard InChI is InChI=1S/C19H16N2O4S2/c1-15-12-13-18(20-26(22,23)16-8-4-2-5-9-16)19(14-15)21-27(24,25)17-10-6-3-7-11-17/h2-14H,1H3/b20-18+,21-19+. The highest BCUT2D eigenvalue weighted by molar-refractivity contribution is 7.91. The quantitative estimate of drug-likeness (QED) is 0.737. The van der Waals surface area contributed by atoms with Gasteiger partial charge in [0.25, 0.3) is 20.0 Å². The van der Waals surface area contributed by atoms with Gasteiger partial charge >= 0.3 is 0 Å². The van der Waals surface area contributed by atoms with Crippen molar-refractivity contribution in [3.63, 3.8) is 0 Å². The second-order valence-corrected chi connectivity index (χ2v) is 8.96. The van der Waals surface area contributed by atoms with Gasteiger partial charge in [-0.15, -0.1) is 0 Å². The van der Waals surface area contributed by atoms with Crippen LogP contribution in [0.2, 0.25) is 0 Å². The van der Waals surface area contributed by atoms with Gasteiger partial charge in [-0.05, 0) is 48.9 Å². The van der Waals surface area contributed by atoms with Crippen LogP contribution in [-0.2, 0) is 20.0 Å². The lowest BCUT2D eigenvalue weighted by Crippen LogP contribution is -2.17. The number of benzene rings is 2. The summed E-state index contributed by atoms with van der Waals surface area (Å²) in [5.74, 6) is 0. The van der Waals surface area contributed by atoms with Crippen LogP contribution in [-0.4, -0.2) is 28.3 Å². The first-order chi connectivity index (χ1) is 12.8. The summed E-state index contributed by atoms with van der Waals surface area (Å²) in [6, 6.07) is 15.4. The van der Waals surface area contributed by atoms with Gasteiger partial charge in [0.2, 0.25) is 0 Å². The maximum atomic E-state index is 12.5. The normalized spacial score (nSPS) is 17.9. The number of allylic oxidation sites excluding steroid dienone is 4. The zero-order chi connectivity index (χ0) is 19.5. The summed E-state index contributed by atoms with van der Waals surface area (Å²) in [7, 11) is -8.00. The average Bonchev–Trinajstić information content (AvgIpc) is 2.65. The van der Waals surface area contributed by atoms with Gasteiger partial charge in [0, 0.05) is 0 Å². The highest BCUT2D eigenvalue weighted by atomic mass is 32.2. The fourth-order valence-corrected chi connectivity index (χ4v) is 4.36. The molecule has 138 valence electrons. The van der Waals surface area contributed by atoms with Gasteiger partial charge < -0.3 is 0 Å². The molecule has 6 nitrogen and oxygen atoms in total. The van der Waals surface area contributed by atoms with Crippen molar-refractivity contribution in [3.8, 4) is 0 Å². The van der Waals surface area contributed by atoms with Crippen LogP contribution >= 0.6 is 0 Å². The van der Waals surface area contributed by atoms with Crippen LogP contribution in [0.1, 0.15) is 6.92 Å². The zero-order valence-electron chi connectivity index (χ0n) is 14.3. The van der Waals surface area contributed by atoms with E-state index in [4.69, 9.17) is 0 Å². The van der Waals surface area contributed by atoms with E-state index >= 15 is 0 Å². The van der Waals surface area contributed by atoms with E-state index in [1.807, 2.05) is 0 Å². The summed E-state index contributed by atoms with van der Waals surface area (Å²) >= 11 is 0. The maximum absolute atomic E-state index is 12.5. The Hall–Kier alpha value is -2.84. The molecule has 0 N–H and O–H groups in total. The molecular formula is C19H16N2O4S2. The van der Waals surface area contributed by atoms with E-state index in [9.17, 15) is 16.8 Å². The highest BCUT2D eigenvalue weighted by Crippen LogP contribution is 2.17. The minimum Gasteiger partial charge on any atom is -0.199 e. The smallest absolute Gasteiger partial charge is 0.199 e. The van der Waals surface area contributed by atoms with E-state index in [0.717, 1.165) is 5.57 Å². The Morgan fingerprint density at radius 1 is 0.630 bits per heavy atom. The molecule has 0 radical (unpaired) electrons. The van der Waals surface area contributed by atoms with Crippen LogP contribution in [0.5, 0.6) is 0 Å². The lowest BCUT2D eigenvalue weighted by molar-refractivity contribution is 0.596. The van der Waals surface area contributed by atoms with Gasteiger partial charge in [-0.2, -0.15) is 25.6 Å². The Kier molecular flexibility index (Phi) is 5.20. The first kappa shape index (κ1) is 18.9. The van der Waals surface area contributed by atoms with Crippen molar-refractivity contribution >= 4 is 31.5 Å². The highest BCUT2D eigenvalue weighted by Gasteiger charge is 2.20. The van der Waals surface area contributed by atoms with Crippen LogP contribution in [0.4, 0.5) is 0 Å². The molecule has 2 aromatic rings. The number of hydrogen-bond donors (Lipinski definition) is 0. The minimum absolute atomic E-state index is 0.0161. The van der Waals surface area contributed by atoms with E-state index in [2.05, 4.69) is 8.80 Å². The molecule has 0 heterocycles. The molecule has 2 aromatic carbocycles. The molecule has 0 amide bonds. The Morgan fingerprint density at radius 2 is 1.07 bits per heavy atom. The molecule has 0 fully saturated rings. The summed E-state index contributed by atoms with van der Waals surface area (Å²) in [5.41, 5.74) is 0.662. The first-order valence-electron chi connectivity index (χ1n) is 7.95. The Labute approximate surface area is 158 Å². The molecule has 8 heteroatoms. The molecule has 27 heavy (non-hydrogen) atoms. The zero-order valence-corrected chi connectivity index (χ0v) is 16.0. The van der Waals surface area contributed by atoms with Crippen molar-refractivity contribution in [2.75, 3.05) is 0 Å². The van der Waals surface area contributed by atoms with Crippen molar-refractivity contribution in [2.24, 2.45) is 8.80 Å². The largest absolute Gasteiger partial charge is 0.282 e. The van der Waals surface area contributed by atoms with Crippen LogP contribution < -0.4 is 0 Å². The van der Waals surface area contributed by atoms with Crippen LogP contribution in [0.25, 0.3) is 0 Å². The fourth-order valence-electron chi connectivity index (χ4n) is 2.33. The molecular weight excluding hydrogens is 384 g/mol. The molecule has 0 atom stereocenters. The molecule has 0 bridgehead atoms. The maximum Gasteiger partial charge on any atom is 0.282 e. The third-order valence-electron chi connectivity index (χ3n) is 3.65. The Bertz CT molecular complexity index is 1180. The predicted octanol–water partition coefficient (Wildman–Crippen LogP) is 3.16. The molecule has 0 aromatic heterocycles. The van der Waals surface area contributed by atoms with Crippen LogP contribution in [0.3, 0.4) is 0 Å². The van der Waals surface area contributed by atoms with E-state index in [1.165, 1.54) is 36.4 Å². The van der Waals surface area contributed by atoms with Crippen molar-refractivity contribution < 1.29 is 16.8 Å². The van der Waals surface area contributed by atoms with Crippen molar-refractivity contribution in [1.29, 1.82) is 0 Å². The van der Waals surface area contributed by atoms with E-state index in [0.29, 0.717) is 0 Å². The van der Waals surface area contributed by atoms with Crippen molar-refractivity contribution in [2.45, 2.75) is 16.7 Å². The lowest BCUT2D eigenvalue weighted by atomic mass is 10.1. The summed E-state index contributed by atoms with van der Waals surface area (Å²) in [5, 5.41) is 0. The Morgan fingerprint density at radius 3 is 1.56 bits per heavy atom. The number of rotatable bonds is 4. The third-order valence-corrected chi connectivity index (χ3v) is 6.26. The van der Waals surface area contributed by atoms with Gasteiger partial charge in [0.1, 0.15) is 11.4 Å². The second kappa shape index (κ2) is 7.42. The van der Waals surface area contributed by atoms with Gasteiger partial charge in [-0.25, -0.2) is 0 Å². The lowest BCUT2D eigenvalue weighted by Gasteiger charge is -2.09. The molecule has 3 rings (SSSR count). The summed E-state index contributed by atoms with van der Waals surface area (Å²) in [4.78, 5) is 0.0332. The molecule has 0 spiro atoms. The molecule has 0 aliphatic heterocycles. The first-order valence-corrected chi connectivity index (χ1v) is 10.8. The van der Waals surface area contributed by atoms with Gasteiger partial charge in [-0.3, -0.25) is 0 Å². The third kappa shape index (κ3) is 4.47. The predicted molar refractivity (Wildman–Crippen MR) is 105 cm³/mol. The van der Waals surface area contributed by atoms with Gasteiger partial charge in [0.15, 0.2) is 0 Å². The minimum atomic E-state index is -4.00. The molecule has 1 aliphatic rings. The van der Waals surface area contributed by atoms with Gasteiger partial charge in [-0.1, -0.05) is 42.5 Å². The average molecular weight is 400 g/mol. The molecule has 0 unspecified atom stereocenters. The van der Waals surface area contributed by atoms with Gasteiger partial charge in [0.05, 0.1) is 9.79 Å². The second-order valence-electron chi connectivity index (χ2n) is 5.75. The number of hydrogen-bond acceptors (Lipinski definition) is 4. The fraction of sp³-hybridized carbons (Fsp3) is 0.0526. The van der Waals surface area contributed by atoms with Crippen molar-refractivity contribution in [3.05, 3.63) is 84.5 Å². The molecule has 1 aliphatic carbocycles. The molecule has 0 saturated heterocycles. The monoisotopic (exact) mass is 400 g/mol. The SMILES string of the molecule is CC1=CC(=N\S(=O)(=O)c2ccccc2)/C(=N/S(=O)(=O)c2ccccc2)C=C1. The topological polar surface area (TPSA) is 93.0 Å². The van der Waals surface area contributed by atoms with Crippen molar-refractivity contribution in [1.82, 2.24) is 0 Å². The number of sulfonamides is 2. The summed E-state index contributed by atoms with van der Waals surface area (Å²) in [6.45, 7) is 1.75. The van der Waals surface area contributed by atoms with Crippen LogP contribution in [0.15, 0.2) is 103 Å². The molecule has 0 saturated carbocycles. The summed E-state index contributed by atoms with van der Waals surface area (Å²) < 4.78 is 57.7. The Balaban J connectivity index is 2.09. The summed E-state index contributed by atoms with van der Waals surface area (Å²) in [6.07, 6.45) is 4.57. The number of nitrogens with zero attached hydrogens (tertiary/aromatic N) is 2.